The highest BCUT2D eigenvalue weighted by atomic mass is 16.2. The highest BCUT2D eigenvalue weighted by molar-refractivity contribution is 5.75. The van der Waals surface area contributed by atoms with Crippen molar-refractivity contribution in [3.8, 4) is 0 Å². The molecule has 0 aromatic heterocycles. The summed E-state index contributed by atoms with van der Waals surface area (Å²) in [6, 6.07) is 9.53. The summed E-state index contributed by atoms with van der Waals surface area (Å²) in [5, 5.41) is 3.43. The monoisotopic (exact) mass is 449 g/mol. The van der Waals surface area contributed by atoms with Crippen molar-refractivity contribution in [1.29, 1.82) is 0 Å². The smallest absolute Gasteiger partial charge is 0.318 e. The number of hydrogen-bond donors (Lipinski definition) is 1. The van der Waals surface area contributed by atoms with Crippen LogP contribution in [0.4, 0.5) is 4.79 Å². The molecule has 1 aromatic rings. The lowest BCUT2D eigenvalue weighted by Gasteiger charge is -2.48. The number of carbonyl (C=O) groups excluding carboxylic acids is 1. The number of nitrogens with zero attached hydrogens (tertiary/aromatic N) is 2. The molecule has 1 saturated heterocycles. The molecular formula is C29H43N3O. The van der Waals surface area contributed by atoms with Crippen molar-refractivity contribution in [2.75, 3.05) is 19.6 Å². The number of allylic oxidation sites excluding steroid dienone is 2. The Morgan fingerprint density at radius 2 is 1.82 bits per heavy atom. The van der Waals surface area contributed by atoms with Gasteiger partial charge in [0.05, 0.1) is 6.04 Å². The van der Waals surface area contributed by atoms with E-state index in [9.17, 15) is 4.79 Å². The molecule has 2 spiro atoms. The van der Waals surface area contributed by atoms with Crippen LogP contribution in [0.3, 0.4) is 0 Å². The van der Waals surface area contributed by atoms with Crippen molar-refractivity contribution in [2.45, 2.75) is 83.3 Å². The normalized spacial score (nSPS) is 35.3. The van der Waals surface area contributed by atoms with Crippen molar-refractivity contribution in [3.05, 3.63) is 47.5 Å². The summed E-state index contributed by atoms with van der Waals surface area (Å²) in [5.41, 5.74) is 3.81. The van der Waals surface area contributed by atoms with E-state index in [0.717, 1.165) is 29.6 Å². The molecule has 1 N–H and O–H groups in total. The minimum absolute atomic E-state index is 0. The second-order valence-electron chi connectivity index (χ2n) is 12.4. The zero-order valence-corrected chi connectivity index (χ0v) is 20.9. The second-order valence-corrected chi connectivity index (χ2v) is 12.4. The van der Waals surface area contributed by atoms with Gasteiger partial charge in [-0.3, -0.25) is 0 Å². The Bertz CT molecular complexity index is 958. The first-order valence-corrected chi connectivity index (χ1v) is 13.4. The van der Waals surface area contributed by atoms with Gasteiger partial charge in [0.25, 0.3) is 0 Å². The molecule has 3 fully saturated rings. The molecule has 4 nitrogen and oxygen atoms in total. The van der Waals surface area contributed by atoms with E-state index in [2.05, 4.69) is 74.3 Å². The minimum Gasteiger partial charge on any atom is -0.331 e. The van der Waals surface area contributed by atoms with E-state index >= 15 is 0 Å². The number of fused-ring (bicyclic) bond motifs is 2. The number of likely N-dealkylation sites (tertiary alicyclic amines) is 1. The molecule has 6 rings (SSSR count). The third kappa shape index (κ3) is 3.31. The Labute approximate surface area is 201 Å². The van der Waals surface area contributed by atoms with Crippen molar-refractivity contribution in [3.63, 3.8) is 0 Å². The van der Waals surface area contributed by atoms with Gasteiger partial charge in [-0.15, -0.1) is 0 Å². The van der Waals surface area contributed by atoms with Gasteiger partial charge in [0.2, 0.25) is 0 Å². The largest absolute Gasteiger partial charge is 0.331 e. The third-order valence-corrected chi connectivity index (χ3v) is 10.00. The van der Waals surface area contributed by atoms with Gasteiger partial charge in [-0.2, -0.15) is 0 Å². The van der Waals surface area contributed by atoms with Gasteiger partial charge in [-0.25, -0.2) is 4.79 Å². The Morgan fingerprint density at radius 1 is 1.09 bits per heavy atom. The fourth-order valence-electron chi connectivity index (χ4n) is 8.35. The minimum atomic E-state index is 0. The van der Waals surface area contributed by atoms with Crippen molar-refractivity contribution < 1.29 is 6.22 Å². The molecule has 2 amide bonds. The van der Waals surface area contributed by atoms with Crippen LogP contribution in [0.15, 0.2) is 36.4 Å². The van der Waals surface area contributed by atoms with Gasteiger partial charge in [-0.05, 0) is 107 Å². The quantitative estimate of drug-likeness (QED) is 0.581. The van der Waals surface area contributed by atoms with Crippen LogP contribution in [0.1, 0.15) is 78.4 Å². The first kappa shape index (κ1) is 21.7. The zero-order valence-electron chi connectivity index (χ0n) is 20.9. The second kappa shape index (κ2) is 7.60. The maximum atomic E-state index is 13.2. The molecule has 2 saturated carbocycles. The molecule has 0 radical (unpaired) electrons. The first-order chi connectivity index (χ1) is 15.8. The summed E-state index contributed by atoms with van der Waals surface area (Å²) in [6.45, 7) is 12.1. The van der Waals surface area contributed by atoms with E-state index in [1.54, 1.807) is 0 Å². The van der Waals surface area contributed by atoms with Crippen LogP contribution in [0.5, 0.6) is 0 Å². The average Bonchev–Trinajstić information content (AvgIpc) is 3.33. The number of rotatable bonds is 5. The highest BCUT2D eigenvalue weighted by Gasteiger charge is 2.68. The summed E-state index contributed by atoms with van der Waals surface area (Å²) in [5.74, 6) is 2.71. The summed E-state index contributed by atoms with van der Waals surface area (Å²) < 4.78 is 0. The lowest BCUT2D eigenvalue weighted by atomic mass is 9.62. The fourth-order valence-corrected chi connectivity index (χ4v) is 8.35. The van der Waals surface area contributed by atoms with Gasteiger partial charge in [-0.1, -0.05) is 36.4 Å². The summed E-state index contributed by atoms with van der Waals surface area (Å²) >= 11 is 0. The zero-order chi connectivity index (χ0) is 23.0. The van der Waals surface area contributed by atoms with E-state index in [4.69, 9.17) is 0 Å². The predicted molar refractivity (Wildman–Crippen MR) is 135 cm³/mol. The highest BCUT2D eigenvalue weighted by Crippen LogP contribution is 2.75. The molecule has 0 bridgehead atoms. The molecular weight excluding hydrogens is 406 g/mol. The standard InChI is InChI=1S/C29H41N3O.H2/c1-19(2)32(20(3)4)27(33)30-26-17-28(25-8-6-5-7-23(25)26)11-13-31(14-12-28)18-21-15-29-16-22(29)9-10-24(21)29;/h5-10,19-22,24,26H,11-18H2,1-4H3,(H,30,33);1H. The number of nitrogens with one attached hydrogen (secondary N) is 1. The number of amides is 2. The predicted octanol–water partition coefficient (Wildman–Crippen LogP) is 5.75. The molecule has 1 aliphatic heterocycles. The molecule has 5 unspecified atom stereocenters. The molecule has 5 atom stereocenters. The summed E-state index contributed by atoms with van der Waals surface area (Å²) in [4.78, 5) is 17.9. The Morgan fingerprint density at radius 3 is 2.48 bits per heavy atom. The van der Waals surface area contributed by atoms with Gasteiger partial charge in [0.15, 0.2) is 0 Å². The lowest BCUT2D eigenvalue weighted by Crippen LogP contribution is -2.49. The molecule has 33 heavy (non-hydrogen) atoms. The van der Waals surface area contributed by atoms with Gasteiger partial charge >= 0.3 is 6.03 Å². The van der Waals surface area contributed by atoms with E-state index in [1.165, 1.54) is 56.4 Å². The van der Waals surface area contributed by atoms with Crippen LogP contribution in [0, 0.1) is 23.2 Å². The molecule has 4 heteroatoms. The van der Waals surface area contributed by atoms with E-state index < -0.39 is 0 Å². The van der Waals surface area contributed by atoms with Gasteiger partial charge < -0.3 is 15.1 Å². The van der Waals surface area contributed by atoms with Gasteiger partial charge in [0.1, 0.15) is 0 Å². The summed E-state index contributed by atoms with van der Waals surface area (Å²) in [7, 11) is 0. The lowest BCUT2D eigenvalue weighted by molar-refractivity contribution is 0.0354. The first-order valence-electron chi connectivity index (χ1n) is 13.4. The van der Waals surface area contributed by atoms with Crippen LogP contribution in [0.25, 0.3) is 0 Å². The number of urea groups is 1. The van der Waals surface area contributed by atoms with Crippen LogP contribution in [0.2, 0.25) is 0 Å². The SMILES string of the molecule is CC(C)N(C(=O)NC1CC2(CCN(CC3CC45CC4C=CC35)CC2)c2ccccc21)C(C)C.[HH]. The maximum absolute atomic E-state index is 13.2. The van der Waals surface area contributed by atoms with Crippen LogP contribution in [-0.2, 0) is 5.41 Å². The topological polar surface area (TPSA) is 35.6 Å². The van der Waals surface area contributed by atoms with E-state index in [-0.39, 0.29) is 31.0 Å². The third-order valence-electron chi connectivity index (χ3n) is 10.00. The van der Waals surface area contributed by atoms with Crippen LogP contribution in [-0.4, -0.2) is 47.5 Å². The van der Waals surface area contributed by atoms with Crippen LogP contribution < -0.4 is 5.32 Å². The Hall–Kier alpha value is -1.81. The maximum Gasteiger partial charge on any atom is 0.318 e. The molecule has 4 aliphatic carbocycles. The van der Waals surface area contributed by atoms with Crippen molar-refractivity contribution in [2.24, 2.45) is 23.2 Å². The average molecular weight is 450 g/mol. The molecule has 1 aromatic carbocycles. The Kier molecular flexibility index (Phi) is 5.00. The number of hydrogen-bond acceptors (Lipinski definition) is 2. The van der Waals surface area contributed by atoms with Crippen molar-refractivity contribution >= 4 is 6.03 Å². The number of carbonyl (C=O) groups is 1. The Balaban J connectivity index is 0.00000241. The molecule has 5 aliphatic rings. The summed E-state index contributed by atoms with van der Waals surface area (Å²) in [6.07, 6.45) is 11.5. The fraction of sp³-hybridized carbons (Fsp3) is 0.690. The number of piperidine rings is 1. The number of benzene rings is 1. The van der Waals surface area contributed by atoms with Crippen LogP contribution >= 0.6 is 0 Å². The van der Waals surface area contributed by atoms with Crippen molar-refractivity contribution in [1.82, 2.24) is 15.1 Å². The van der Waals surface area contributed by atoms with E-state index in [1.807, 2.05) is 4.90 Å². The molecule has 1 heterocycles. The molecule has 180 valence electrons. The van der Waals surface area contributed by atoms with E-state index in [0.29, 0.717) is 0 Å². The van der Waals surface area contributed by atoms with Gasteiger partial charge in [0, 0.05) is 25.5 Å².